The lowest BCUT2D eigenvalue weighted by Crippen LogP contribution is -2.35. The number of nitrogens with one attached hydrogen (secondary N) is 1. The van der Waals surface area contributed by atoms with E-state index in [1.165, 1.54) is 34.6 Å². The number of carbonyl (C=O) groups excluding carboxylic acids is 2. The number of fused-ring (bicyclic) bond motifs is 1. The van der Waals surface area contributed by atoms with Crippen LogP contribution in [-0.4, -0.2) is 24.5 Å². The number of thiophene rings is 1. The molecule has 1 aliphatic rings. The zero-order valence-corrected chi connectivity index (χ0v) is 12.8. The summed E-state index contributed by atoms with van der Waals surface area (Å²) in [5.41, 5.74) is 1.28. The van der Waals surface area contributed by atoms with Gasteiger partial charge in [0.05, 0.1) is 0 Å². The molecule has 20 heavy (non-hydrogen) atoms. The smallest absolute Gasteiger partial charge is 0.348 e. The van der Waals surface area contributed by atoms with Crippen molar-refractivity contribution < 1.29 is 14.3 Å². The van der Waals surface area contributed by atoms with E-state index in [2.05, 4.69) is 5.32 Å². The molecule has 0 unspecified atom stereocenters. The fourth-order valence-electron chi connectivity index (χ4n) is 2.21. The molecule has 1 aliphatic carbocycles. The molecule has 1 heterocycles. The zero-order chi connectivity index (χ0) is 14.5. The van der Waals surface area contributed by atoms with Gasteiger partial charge in [-0.15, -0.1) is 11.3 Å². The van der Waals surface area contributed by atoms with Gasteiger partial charge in [0.25, 0.3) is 5.91 Å². The Hall–Kier alpha value is -1.36. The van der Waals surface area contributed by atoms with Crippen molar-refractivity contribution in [1.82, 2.24) is 5.32 Å². The van der Waals surface area contributed by atoms with Crippen molar-refractivity contribution in [3.63, 3.8) is 0 Å². The zero-order valence-electron chi connectivity index (χ0n) is 12.0. The number of esters is 1. The molecule has 0 spiro atoms. The lowest BCUT2D eigenvalue weighted by atomic mass is 9.99. The van der Waals surface area contributed by atoms with Crippen molar-refractivity contribution in [1.29, 1.82) is 0 Å². The lowest BCUT2D eigenvalue weighted by Gasteiger charge is -2.11. The molecule has 0 radical (unpaired) electrons. The van der Waals surface area contributed by atoms with Crippen LogP contribution in [0.2, 0.25) is 0 Å². The van der Waals surface area contributed by atoms with E-state index in [9.17, 15) is 9.59 Å². The van der Waals surface area contributed by atoms with Gasteiger partial charge in [-0.25, -0.2) is 4.79 Å². The van der Waals surface area contributed by atoms with Crippen molar-refractivity contribution in [2.45, 2.75) is 52.0 Å². The number of carbonyl (C=O) groups is 2. The Balaban J connectivity index is 1.85. The van der Waals surface area contributed by atoms with Crippen molar-refractivity contribution in [2.24, 2.45) is 0 Å². The third-order valence-electron chi connectivity index (χ3n) is 3.55. The molecule has 0 aliphatic heterocycles. The van der Waals surface area contributed by atoms with E-state index in [1.807, 2.05) is 19.9 Å². The minimum Gasteiger partial charge on any atom is -0.451 e. The standard InChI is InChI=1S/C15H21NO3S/c1-3-10(2)16-14(17)9-19-15(18)13-8-11-6-4-5-7-12(11)20-13/h8,10H,3-7,9H2,1-2H3,(H,16,17)/t10-/m0/s1. The number of amides is 1. The molecule has 5 heteroatoms. The largest absolute Gasteiger partial charge is 0.451 e. The average molecular weight is 295 g/mol. The molecule has 0 saturated heterocycles. The van der Waals surface area contributed by atoms with E-state index in [0.29, 0.717) is 4.88 Å². The highest BCUT2D eigenvalue weighted by Gasteiger charge is 2.19. The van der Waals surface area contributed by atoms with Crippen molar-refractivity contribution in [2.75, 3.05) is 6.61 Å². The molecule has 0 aromatic carbocycles. The molecule has 1 aromatic heterocycles. The van der Waals surface area contributed by atoms with E-state index in [0.717, 1.165) is 19.3 Å². The summed E-state index contributed by atoms with van der Waals surface area (Å²) in [6.07, 6.45) is 5.35. The van der Waals surface area contributed by atoms with Crippen LogP contribution in [0.1, 0.15) is 53.2 Å². The quantitative estimate of drug-likeness (QED) is 0.850. The number of aryl methyl sites for hydroxylation is 2. The maximum absolute atomic E-state index is 11.9. The Morgan fingerprint density at radius 3 is 2.85 bits per heavy atom. The van der Waals surface area contributed by atoms with Crippen molar-refractivity contribution >= 4 is 23.2 Å². The third kappa shape index (κ3) is 3.82. The molecule has 0 saturated carbocycles. The summed E-state index contributed by atoms with van der Waals surface area (Å²) >= 11 is 1.51. The Bertz CT molecular complexity index is 472. The highest BCUT2D eigenvalue weighted by atomic mass is 32.1. The van der Waals surface area contributed by atoms with Crippen LogP contribution in [-0.2, 0) is 22.4 Å². The predicted octanol–water partition coefficient (Wildman–Crippen LogP) is 2.70. The van der Waals surface area contributed by atoms with E-state index >= 15 is 0 Å². The lowest BCUT2D eigenvalue weighted by molar-refractivity contribution is -0.124. The molecule has 2 rings (SSSR count). The average Bonchev–Trinajstić information content (AvgIpc) is 2.88. The Kier molecular flexibility index (Phi) is 5.17. The Labute approximate surface area is 123 Å². The second kappa shape index (κ2) is 6.88. The minimum atomic E-state index is -0.385. The Morgan fingerprint density at radius 2 is 2.15 bits per heavy atom. The number of ether oxygens (including phenoxy) is 1. The van der Waals surface area contributed by atoms with Gasteiger partial charge in [0.2, 0.25) is 0 Å². The molecule has 1 N–H and O–H groups in total. The highest BCUT2D eigenvalue weighted by molar-refractivity contribution is 7.14. The van der Waals surface area contributed by atoms with Crippen molar-refractivity contribution in [3.05, 3.63) is 21.4 Å². The summed E-state index contributed by atoms with van der Waals surface area (Å²) in [5.74, 6) is -0.627. The number of hydrogen-bond donors (Lipinski definition) is 1. The van der Waals surface area contributed by atoms with Crippen molar-refractivity contribution in [3.8, 4) is 0 Å². The summed E-state index contributed by atoms with van der Waals surface area (Å²) < 4.78 is 5.07. The van der Waals surface area contributed by atoms with Gasteiger partial charge in [-0.1, -0.05) is 6.92 Å². The van der Waals surface area contributed by atoms with E-state index in [-0.39, 0.29) is 24.5 Å². The van der Waals surface area contributed by atoms with Gasteiger partial charge in [0.15, 0.2) is 6.61 Å². The maximum atomic E-state index is 11.9. The third-order valence-corrected chi connectivity index (χ3v) is 4.77. The van der Waals surface area contributed by atoms with Crippen LogP contribution in [0.15, 0.2) is 6.07 Å². The molecule has 1 amide bonds. The van der Waals surface area contributed by atoms with Crippen LogP contribution in [0.5, 0.6) is 0 Å². The van der Waals surface area contributed by atoms with E-state index in [1.54, 1.807) is 0 Å². The second-order valence-corrected chi connectivity index (χ2v) is 6.36. The molecule has 4 nitrogen and oxygen atoms in total. The maximum Gasteiger partial charge on any atom is 0.348 e. The highest BCUT2D eigenvalue weighted by Crippen LogP contribution is 2.29. The predicted molar refractivity (Wildman–Crippen MR) is 79.1 cm³/mol. The van der Waals surface area contributed by atoms with Crippen LogP contribution < -0.4 is 5.32 Å². The van der Waals surface area contributed by atoms with Crippen LogP contribution in [0.25, 0.3) is 0 Å². The second-order valence-electron chi connectivity index (χ2n) is 5.22. The summed E-state index contributed by atoms with van der Waals surface area (Å²) in [6.45, 7) is 3.71. The molecule has 1 aromatic rings. The van der Waals surface area contributed by atoms with Crippen LogP contribution >= 0.6 is 11.3 Å². The topological polar surface area (TPSA) is 55.4 Å². The summed E-state index contributed by atoms with van der Waals surface area (Å²) in [7, 11) is 0. The van der Waals surface area contributed by atoms with Gasteiger partial charge in [0.1, 0.15) is 4.88 Å². The Morgan fingerprint density at radius 1 is 1.40 bits per heavy atom. The molecule has 0 fully saturated rings. The molecular formula is C15H21NO3S. The van der Waals surface area contributed by atoms with Crippen LogP contribution in [0.4, 0.5) is 0 Å². The van der Waals surface area contributed by atoms with Gasteiger partial charge >= 0.3 is 5.97 Å². The minimum absolute atomic E-state index is 0.107. The van der Waals surface area contributed by atoms with Gasteiger partial charge in [-0.3, -0.25) is 4.79 Å². The first-order valence-corrected chi connectivity index (χ1v) is 8.00. The first-order valence-electron chi connectivity index (χ1n) is 7.18. The molecule has 110 valence electrons. The summed E-state index contributed by atoms with van der Waals surface area (Å²) in [5, 5.41) is 2.77. The van der Waals surface area contributed by atoms with Gasteiger partial charge in [0, 0.05) is 10.9 Å². The summed E-state index contributed by atoms with van der Waals surface area (Å²) in [6, 6.07) is 2.03. The molecule has 0 bridgehead atoms. The first-order chi connectivity index (χ1) is 9.60. The fraction of sp³-hybridized carbons (Fsp3) is 0.600. The monoisotopic (exact) mass is 295 g/mol. The summed E-state index contributed by atoms with van der Waals surface area (Å²) in [4.78, 5) is 25.4. The number of hydrogen-bond acceptors (Lipinski definition) is 4. The van der Waals surface area contributed by atoms with Gasteiger partial charge < -0.3 is 10.1 Å². The van der Waals surface area contributed by atoms with Crippen LogP contribution in [0.3, 0.4) is 0 Å². The molecular weight excluding hydrogens is 274 g/mol. The van der Waals surface area contributed by atoms with Gasteiger partial charge in [-0.05, 0) is 50.7 Å². The van der Waals surface area contributed by atoms with Gasteiger partial charge in [-0.2, -0.15) is 0 Å². The van der Waals surface area contributed by atoms with E-state index in [4.69, 9.17) is 4.74 Å². The SMILES string of the molecule is CC[C@H](C)NC(=O)COC(=O)c1cc2c(s1)CCCC2. The molecule has 1 atom stereocenters. The van der Waals surface area contributed by atoms with E-state index < -0.39 is 0 Å². The number of rotatable bonds is 5. The normalized spacial score (nSPS) is 15.3. The van der Waals surface area contributed by atoms with Crippen LogP contribution in [0, 0.1) is 0 Å². The fourth-order valence-corrected chi connectivity index (χ4v) is 3.36. The first kappa shape index (κ1) is 15.0.